The molecule has 1 amide bonds. The molecule has 0 aliphatic heterocycles. The molecular weight excluding hydrogens is 266 g/mol. The van der Waals surface area contributed by atoms with E-state index in [0.29, 0.717) is 30.5 Å². The highest BCUT2D eigenvalue weighted by atomic mass is 16.1. The van der Waals surface area contributed by atoms with Crippen molar-refractivity contribution in [3.05, 3.63) is 42.2 Å². The maximum atomic E-state index is 11.6. The Kier molecular flexibility index (Phi) is 5.20. The third-order valence-corrected chi connectivity index (χ3v) is 2.70. The first-order valence-corrected chi connectivity index (χ1v) is 6.91. The Labute approximate surface area is 124 Å². The number of nitrogens with one attached hydrogen (secondary N) is 2. The maximum absolute atomic E-state index is 11.6. The van der Waals surface area contributed by atoms with Gasteiger partial charge in [0.2, 0.25) is 5.91 Å². The predicted molar refractivity (Wildman–Crippen MR) is 81.7 cm³/mol. The Morgan fingerprint density at radius 2 is 1.90 bits per heavy atom. The van der Waals surface area contributed by atoms with Crippen molar-refractivity contribution in [2.75, 3.05) is 10.6 Å². The summed E-state index contributed by atoms with van der Waals surface area (Å²) in [6.45, 7) is 4.57. The van der Waals surface area contributed by atoms with Crippen molar-refractivity contribution < 1.29 is 4.79 Å². The third-order valence-electron chi connectivity index (χ3n) is 2.70. The molecule has 2 aromatic heterocycles. The van der Waals surface area contributed by atoms with Gasteiger partial charge in [-0.1, -0.05) is 19.9 Å². The van der Waals surface area contributed by atoms with Gasteiger partial charge in [-0.2, -0.15) is 0 Å². The Balaban J connectivity index is 1.86. The Morgan fingerprint density at radius 3 is 2.52 bits per heavy atom. The number of anilines is 2. The minimum Gasteiger partial charge on any atom is -0.363 e. The van der Waals surface area contributed by atoms with Crippen LogP contribution in [-0.4, -0.2) is 21.1 Å². The second-order valence-corrected chi connectivity index (χ2v) is 5.12. The molecule has 6 heteroatoms. The van der Waals surface area contributed by atoms with E-state index in [1.807, 2.05) is 32.0 Å². The molecule has 2 rings (SSSR count). The Hall–Kier alpha value is -2.50. The number of nitrogens with zero attached hydrogens (tertiary/aromatic N) is 3. The first kappa shape index (κ1) is 14.9. The topological polar surface area (TPSA) is 79.8 Å². The van der Waals surface area contributed by atoms with Crippen LogP contribution < -0.4 is 10.6 Å². The fourth-order valence-corrected chi connectivity index (χ4v) is 1.74. The van der Waals surface area contributed by atoms with E-state index in [1.165, 1.54) is 0 Å². The van der Waals surface area contributed by atoms with Crippen LogP contribution >= 0.6 is 0 Å². The van der Waals surface area contributed by atoms with Crippen LogP contribution in [0.2, 0.25) is 0 Å². The molecule has 0 aliphatic carbocycles. The molecule has 0 radical (unpaired) electrons. The summed E-state index contributed by atoms with van der Waals surface area (Å²) in [4.78, 5) is 15.8. The minimum absolute atomic E-state index is 0.0477. The van der Waals surface area contributed by atoms with Gasteiger partial charge in [0.25, 0.3) is 0 Å². The number of aromatic nitrogens is 3. The molecule has 0 saturated carbocycles. The molecule has 0 fully saturated rings. The second-order valence-electron chi connectivity index (χ2n) is 5.12. The molecule has 2 aromatic rings. The SMILES string of the molecule is CC(C)CC(=O)Nc1ccc(NCc2ccccn2)nn1. The largest absolute Gasteiger partial charge is 0.363 e. The van der Waals surface area contributed by atoms with Crippen molar-refractivity contribution in [1.82, 2.24) is 15.2 Å². The zero-order valence-electron chi connectivity index (χ0n) is 12.2. The first-order valence-electron chi connectivity index (χ1n) is 6.91. The molecule has 6 nitrogen and oxygen atoms in total. The fraction of sp³-hybridized carbons (Fsp3) is 0.333. The average Bonchev–Trinajstić information content (AvgIpc) is 2.47. The van der Waals surface area contributed by atoms with Gasteiger partial charge in [-0.25, -0.2) is 0 Å². The summed E-state index contributed by atoms with van der Waals surface area (Å²) in [6.07, 6.45) is 2.22. The van der Waals surface area contributed by atoms with Crippen LogP contribution in [-0.2, 0) is 11.3 Å². The molecule has 0 bridgehead atoms. The smallest absolute Gasteiger partial charge is 0.225 e. The van der Waals surface area contributed by atoms with Crippen LogP contribution in [0.4, 0.5) is 11.6 Å². The lowest BCUT2D eigenvalue weighted by molar-refractivity contribution is -0.116. The van der Waals surface area contributed by atoms with Gasteiger partial charge in [-0.05, 0) is 30.2 Å². The number of pyridine rings is 1. The lowest BCUT2D eigenvalue weighted by atomic mass is 10.1. The zero-order chi connectivity index (χ0) is 15.1. The standard InChI is InChI=1S/C15H19N5O/c1-11(2)9-15(21)18-14-7-6-13(19-20-14)17-10-12-5-3-4-8-16-12/h3-8,11H,9-10H2,1-2H3,(H,17,19)(H,18,20,21). The average molecular weight is 285 g/mol. The van der Waals surface area contributed by atoms with Crippen molar-refractivity contribution in [3.8, 4) is 0 Å². The molecule has 0 unspecified atom stereocenters. The van der Waals surface area contributed by atoms with Crippen molar-refractivity contribution in [2.24, 2.45) is 5.92 Å². The molecule has 0 saturated heterocycles. The summed E-state index contributed by atoms with van der Waals surface area (Å²) in [5.74, 6) is 1.37. The molecular formula is C15H19N5O. The first-order chi connectivity index (χ1) is 10.1. The van der Waals surface area contributed by atoms with E-state index >= 15 is 0 Å². The number of amides is 1. The molecule has 2 heterocycles. The van der Waals surface area contributed by atoms with Crippen LogP contribution in [0, 0.1) is 5.92 Å². The molecule has 2 N–H and O–H groups in total. The van der Waals surface area contributed by atoms with E-state index in [0.717, 1.165) is 5.69 Å². The number of hydrogen-bond acceptors (Lipinski definition) is 5. The number of carbonyl (C=O) groups excluding carboxylic acids is 1. The maximum Gasteiger partial charge on any atom is 0.225 e. The summed E-state index contributed by atoms with van der Waals surface area (Å²) in [5, 5.41) is 13.8. The van der Waals surface area contributed by atoms with Gasteiger partial charge >= 0.3 is 0 Å². The molecule has 0 atom stereocenters. The van der Waals surface area contributed by atoms with Crippen LogP contribution in [0.25, 0.3) is 0 Å². The lowest BCUT2D eigenvalue weighted by Gasteiger charge is -2.07. The van der Waals surface area contributed by atoms with Crippen LogP contribution in [0.15, 0.2) is 36.5 Å². The van der Waals surface area contributed by atoms with E-state index < -0.39 is 0 Å². The molecule has 21 heavy (non-hydrogen) atoms. The van der Waals surface area contributed by atoms with Gasteiger partial charge < -0.3 is 10.6 Å². The normalized spacial score (nSPS) is 10.4. The second kappa shape index (κ2) is 7.33. The number of hydrogen-bond donors (Lipinski definition) is 2. The molecule has 110 valence electrons. The Morgan fingerprint density at radius 1 is 1.14 bits per heavy atom. The van der Waals surface area contributed by atoms with Crippen molar-refractivity contribution in [1.29, 1.82) is 0 Å². The highest BCUT2D eigenvalue weighted by Gasteiger charge is 2.06. The number of rotatable bonds is 6. The summed E-state index contributed by atoms with van der Waals surface area (Å²) >= 11 is 0. The third kappa shape index (κ3) is 5.18. The zero-order valence-corrected chi connectivity index (χ0v) is 12.2. The van der Waals surface area contributed by atoms with Crippen LogP contribution in [0.3, 0.4) is 0 Å². The van der Waals surface area contributed by atoms with E-state index in [1.54, 1.807) is 18.3 Å². The lowest BCUT2D eigenvalue weighted by Crippen LogP contribution is -2.15. The number of carbonyl (C=O) groups is 1. The van der Waals surface area contributed by atoms with Crippen LogP contribution in [0.5, 0.6) is 0 Å². The van der Waals surface area contributed by atoms with Gasteiger partial charge in [0.05, 0.1) is 12.2 Å². The summed E-state index contributed by atoms with van der Waals surface area (Å²) < 4.78 is 0. The highest BCUT2D eigenvalue weighted by Crippen LogP contribution is 2.09. The highest BCUT2D eigenvalue weighted by molar-refractivity contribution is 5.89. The molecule has 0 aliphatic rings. The van der Waals surface area contributed by atoms with Gasteiger partial charge in [0.15, 0.2) is 5.82 Å². The molecule has 0 spiro atoms. The van der Waals surface area contributed by atoms with Gasteiger partial charge in [0, 0.05) is 12.6 Å². The van der Waals surface area contributed by atoms with E-state index in [9.17, 15) is 4.79 Å². The Bertz CT molecular complexity index is 568. The van der Waals surface area contributed by atoms with Gasteiger partial charge in [0.1, 0.15) is 5.82 Å². The van der Waals surface area contributed by atoms with E-state index in [4.69, 9.17) is 0 Å². The molecule has 0 aromatic carbocycles. The predicted octanol–water partition coefficient (Wildman–Crippen LogP) is 2.47. The van der Waals surface area contributed by atoms with Gasteiger partial charge in [-0.15, -0.1) is 10.2 Å². The van der Waals surface area contributed by atoms with E-state index in [2.05, 4.69) is 25.8 Å². The quantitative estimate of drug-likeness (QED) is 0.852. The summed E-state index contributed by atoms with van der Waals surface area (Å²) in [6, 6.07) is 9.24. The summed E-state index contributed by atoms with van der Waals surface area (Å²) in [5.41, 5.74) is 0.925. The van der Waals surface area contributed by atoms with E-state index in [-0.39, 0.29) is 5.91 Å². The van der Waals surface area contributed by atoms with Crippen molar-refractivity contribution >= 4 is 17.5 Å². The van der Waals surface area contributed by atoms with Crippen molar-refractivity contribution in [3.63, 3.8) is 0 Å². The van der Waals surface area contributed by atoms with Gasteiger partial charge in [-0.3, -0.25) is 9.78 Å². The van der Waals surface area contributed by atoms with Crippen LogP contribution in [0.1, 0.15) is 26.0 Å². The monoisotopic (exact) mass is 285 g/mol. The summed E-state index contributed by atoms with van der Waals surface area (Å²) in [7, 11) is 0. The fourth-order valence-electron chi connectivity index (χ4n) is 1.74. The van der Waals surface area contributed by atoms with Crippen molar-refractivity contribution in [2.45, 2.75) is 26.8 Å². The minimum atomic E-state index is -0.0477.